The van der Waals surface area contributed by atoms with Crippen LogP contribution in [0, 0.1) is 15.9 Å². The van der Waals surface area contributed by atoms with Crippen LogP contribution in [0.5, 0.6) is 5.75 Å². The molecule has 0 saturated carbocycles. The summed E-state index contributed by atoms with van der Waals surface area (Å²) < 4.78 is 47.1. The Kier molecular flexibility index (Phi) is 9.48. The molecule has 4 heterocycles. The first kappa shape index (κ1) is 30.5. The third-order valence-electron chi connectivity index (χ3n) is 6.71. The van der Waals surface area contributed by atoms with Crippen molar-refractivity contribution in [2.75, 3.05) is 30.4 Å². The van der Waals surface area contributed by atoms with Crippen molar-refractivity contribution in [1.29, 1.82) is 0 Å². The molecule has 3 aromatic heterocycles. The lowest BCUT2D eigenvalue weighted by atomic mass is 10.0. The quantitative estimate of drug-likeness (QED) is 0.189. The fourth-order valence-corrected chi connectivity index (χ4v) is 4.86. The number of anilines is 3. The van der Waals surface area contributed by atoms with E-state index in [2.05, 4.69) is 25.3 Å². The molecule has 4 aromatic rings. The van der Waals surface area contributed by atoms with Crippen molar-refractivity contribution in [1.82, 2.24) is 19.7 Å². The van der Waals surface area contributed by atoms with Crippen molar-refractivity contribution in [2.45, 2.75) is 31.9 Å². The van der Waals surface area contributed by atoms with Gasteiger partial charge in [-0.15, -0.1) is 12.4 Å². The number of nitrogens with zero attached hydrogens (tertiary/aromatic N) is 6. The number of piperidine rings is 1. The maximum atomic E-state index is 14.9. The molecule has 0 spiro atoms. The van der Waals surface area contributed by atoms with Crippen LogP contribution in [0.2, 0.25) is 0 Å². The first-order valence-corrected chi connectivity index (χ1v) is 12.8. The number of rotatable bonds is 9. The van der Waals surface area contributed by atoms with E-state index in [-0.39, 0.29) is 41.3 Å². The number of nitrogens with two attached hydrogens (primary N) is 1. The molecule has 0 bridgehead atoms. The highest BCUT2D eigenvalue weighted by molar-refractivity contribution is 5.85. The second-order valence-electron chi connectivity index (χ2n) is 9.54. The van der Waals surface area contributed by atoms with E-state index >= 15 is 0 Å². The van der Waals surface area contributed by atoms with Crippen molar-refractivity contribution < 1.29 is 22.8 Å². The van der Waals surface area contributed by atoms with E-state index < -0.39 is 29.4 Å². The molecule has 1 aliphatic heterocycles. The van der Waals surface area contributed by atoms with E-state index in [9.17, 15) is 23.3 Å². The van der Waals surface area contributed by atoms with Gasteiger partial charge >= 0.3 is 0 Å². The lowest BCUT2D eigenvalue weighted by molar-refractivity contribution is -0.384. The summed E-state index contributed by atoms with van der Waals surface area (Å²) in [6.45, 7) is 0.773. The molecule has 3 N–H and O–H groups in total. The Labute approximate surface area is 245 Å². The van der Waals surface area contributed by atoms with Crippen LogP contribution < -0.4 is 20.7 Å². The minimum atomic E-state index is -2.55. The standard InChI is InChI=1S/C27H27F3N8O3.ClH/c1-41-22-6-2-5-19(28)26(22)27-20(38(39)40)7-8-24(35-27)34-25-10-21(36-9-3-4-17(31)14-36)18(12-32-25)16-11-33-37(13-16)15-23(29)30;/h2,5-8,10-13,17,23H,3-4,9,14-15,31H2,1H3,(H,32,34,35);1H/t17-;/m0./s1. The maximum Gasteiger partial charge on any atom is 0.295 e. The van der Waals surface area contributed by atoms with Gasteiger partial charge in [-0.1, -0.05) is 6.07 Å². The summed E-state index contributed by atoms with van der Waals surface area (Å²) in [6.07, 6.45) is 3.84. The number of ether oxygens (including phenoxy) is 1. The molecule has 11 nitrogen and oxygen atoms in total. The molecule has 1 fully saturated rings. The Hall–Kier alpha value is -4.43. The summed E-state index contributed by atoms with van der Waals surface area (Å²) in [4.78, 5) is 22.1. The second kappa shape index (κ2) is 13.0. The van der Waals surface area contributed by atoms with Crippen LogP contribution in [0.25, 0.3) is 22.4 Å². The molecule has 42 heavy (non-hydrogen) atoms. The number of halogens is 4. The zero-order valence-electron chi connectivity index (χ0n) is 22.4. The Balaban J connectivity index is 0.00000405. The highest BCUT2D eigenvalue weighted by atomic mass is 35.5. The van der Waals surface area contributed by atoms with Gasteiger partial charge in [0.25, 0.3) is 12.1 Å². The average molecular weight is 605 g/mol. The van der Waals surface area contributed by atoms with E-state index in [1.807, 2.05) is 0 Å². The van der Waals surface area contributed by atoms with Crippen molar-refractivity contribution in [3.8, 4) is 28.1 Å². The number of alkyl halides is 2. The Bertz CT molecular complexity index is 1570. The number of nitro groups is 1. The van der Waals surface area contributed by atoms with Crippen molar-refractivity contribution in [3.05, 3.63) is 70.9 Å². The molecule has 1 aromatic carbocycles. The van der Waals surface area contributed by atoms with Crippen LogP contribution in [0.4, 0.5) is 36.2 Å². The van der Waals surface area contributed by atoms with Gasteiger partial charge in [0.15, 0.2) is 5.69 Å². The van der Waals surface area contributed by atoms with Crippen molar-refractivity contribution >= 4 is 35.4 Å². The molecular weight excluding hydrogens is 577 g/mol. The van der Waals surface area contributed by atoms with E-state index in [1.165, 1.54) is 54.5 Å². The van der Waals surface area contributed by atoms with E-state index in [0.717, 1.165) is 25.1 Å². The van der Waals surface area contributed by atoms with Crippen LogP contribution in [0.1, 0.15) is 12.8 Å². The molecule has 5 rings (SSSR count). The highest BCUT2D eigenvalue weighted by Crippen LogP contribution is 2.38. The molecule has 0 amide bonds. The number of hydrogen-bond donors (Lipinski definition) is 2. The zero-order chi connectivity index (χ0) is 29.1. The first-order valence-electron chi connectivity index (χ1n) is 12.8. The summed E-state index contributed by atoms with van der Waals surface area (Å²) in [5.41, 5.74) is 7.54. The molecule has 15 heteroatoms. The summed E-state index contributed by atoms with van der Waals surface area (Å²) in [5.74, 6) is -0.0927. The number of pyridine rings is 2. The summed E-state index contributed by atoms with van der Waals surface area (Å²) in [6, 6.07) is 8.44. The molecule has 1 aliphatic rings. The van der Waals surface area contributed by atoms with Gasteiger partial charge in [0.2, 0.25) is 0 Å². The van der Waals surface area contributed by atoms with Gasteiger partial charge in [-0.25, -0.2) is 23.1 Å². The number of benzene rings is 1. The smallest absolute Gasteiger partial charge is 0.295 e. The Morgan fingerprint density at radius 3 is 2.76 bits per heavy atom. The SMILES string of the molecule is COc1cccc(F)c1-c1nc(Nc2cc(N3CCC[C@H](N)C3)c(-c3cnn(CC(F)F)c3)cn2)ccc1[N+](=O)[O-].Cl. The topological polar surface area (TPSA) is 137 Å². The third-order valence-corrected chi connectivity index (χ3v) is 6.71. The minimum Gasteiger partial charge on any atom is -0.496 e. The number of methoxy groups -OCH3 is 1. The largest absolute Gasteiger partial charge is 0.496 e. The predicted octanol–water partition coefficient (Wildman–Crippen LogP) is 5.42. The van der Waals surface area contributed by atoms with Gasteiger partial charge < -0.3 is 20.7 Å². The number of hydrogen-bond acceptors (Lipinski definition) is 9. The van der Waals surface area contributed by atoms with Crippen molar-refractivity contribution in [3.63, 3.8) is 0 Å². The summed E-state index contributed by atoms with van der Waals surface area (Å²) in [7, 11) is 1.34. The Morgan fingerprint density at radius 2 is 2.05 bits per heavy atom. The molecule has 1 atom stereocenters. The van der Waals surface area contributed by atoms with Gasteiger partial charge in [0.05, 0.1) is 23.8 Å². The molecule has 222 valence electrons. The van der Waals surface area contributed by atoms with E-state index in [1.54, 1.807) is 12.3 Å². The first-order chi connectivity index (χ1) is 19.7. The van der Waals surface area contributed by atoms with Crippen LogP contribution in [0.15, 0.2) is 55.0 Å². The predicted molar refractivity (Wildman–Crippen MR) is 154 cm³/mol. The van der Waals surface area contributed by atoms with Crippen molar-refractivity contribution in [2.24, 2.45) is 5.73 Å². The van der Waals surface area contributed by atoms with Gasteiger partial charge in [0, 0.05) is 60.5 Å². The average Bonchev–Trinajstić information content (AvgIpc) is 3.40. The fourth-order valence-electron chi connectivity index (χ4n) is 4.86. The van der Waals surface area contributed by atoms with E-state index in [4.69, 9.17) is 10.5 Å². The fraction of sp³-hybridized carbons (Fsp3) is 0.296. The van der Waals surface area contributed by atoms with Crippen LogP contribution in [0.3, 0.4) is 0 Å². The van der Waals surface area contributed by atoms with Crippen LogP contribution >= 0.6 is 12.4 Å². The van der Waals surface area contributed by atoms with Gasteiger partial charge in [-0.2, -0.15) is 5.10 Å². The van der Waals surface area contributed by atoms with Crippen LogP contribution in [-0.2, 0) is 6.54 Å². The molecule has 0 unspecified atom stereocenters. The number of aromatic nitrogens is 4. The van der Waals surface area contributed by atoms with Gasteiger partial charge in [-0.3, -0.25) is 14.8 Å². The monoisotopic (exact) mass is 604 g/mol. The van der Waals surface area contributed by atoms with Gasteiger partial charge in [0.1, 0.15) is 29.7 Å². The molecular formula is C27H28ClF3N8O3. The summed E-state index contributed by atoms with van der Waals surface area (Å²) >= 11 is 0. The maximum absolute atomic E-state index is 14.9. The van der Waals surface area contributed by atoms with Gasteiger partial charge in [-0.05, 0) is 31.0 Å². The van der Waals surface area contributed by atoms with E-state index in [0.29, 0.717) is 23.5 Å². The third kappa shape index (κ3) is 6.55. The highest BCUT2D eigenvalue weighted by Gasteiger charge is 2.25. The lowest BCUT2D eigenvalue weighted by Crippen LogP contribution is -2.43. The lowest BCUT2D eigenvalue weighted by Gasteiger charge is -2.34. The minimum absolute atomic E-state index is 0. The Morgan fingerprint density at radius 1 is 1.24 bits per heavy atom. The van der Waals surface area contributed by atoms with Crippen LogP contribution in [-0.4, -0.2) is 57.3 Å². The molecule has 0 aliphatic carbocycles. The normalized spacial score (nSPS) is 14.9. The zero-order valence-corrected chi connectivity index (χ0v) is 23.2. The molecule has 1 saturated heterocycles. The summed E-state index contributed by atoms with van der Waals surface area (Å²) in [5, 5.41) is 18.9. The second-order valence-corrected chi connectivity index (χ2v) is 9.54. The number of nitrogens with one attached hydrogen (secondary N) is 1. The molecule has 0 radical (unpaired) electrons.